The number of carbonyl (C=O) groups excluding carboxylic acids is 2. The van der Waals surface area contributed by atoms with Gasteiger partial charge in [0.25, 0.3) is 0 Å². The van der Waals surface area contributed by atoms with Gasteiger partial charge < -0.3 is 9.47 Å². The highest BCUT2D eigenvalue weighted by molar-refractivity contribution is 6.04. The molecule has 6 heteroatoms. The topological polar surface area (TPSA) is 75.7 Å². The van der Waals surface area contributed by atoms with Crippen molar-refractivity contribution in [3.63, 3.8) is 0 Å². The number of esters is 2. The van der Waals surface area contributed by atoms with Crippen LogP contribution in [0.4, 0.5) is 0 Å². The molecule has 0 spiro atoms. The van der Waals surface area contributed by atoms with Gasteiger partial charge in [0, 0.05) is 0 Å². The Hall–Kier alpha value is -1.40. The third-order valence-corrected chi connectivity index (χ3v) is 3.27. The van der Waals surface area contributed by atoms with Gasteiger partial charge in [0.2, 0.25) is 0 Å². The van der Waals surface area contributed by atoms with Crippen LogP contribution in [0.25, 0.3) is 0 Å². The Morgan fingerprint density at radius 2 is 1.17 bits per heavy atom. The molecule has 6 nitrogen and oxygen atoms in total. The number of hydroxylamine groups is 2. The van der Waals surface area contributed by atoms with Gasteiger partial charge >= 0.3 is 11.9 Å². The molecule has 0 aromatic heterocycles. The highest BCUT2D eigenvalue weighted by atomic mass is 16.5. The van der Waals surface area contributed by atoms with E-state index in [1.54, 1.807) is 27.7 Å². The van der Waals surface area contributed by atoms with Crippen LogP contribution in [0.3, 0.4) is 0 Å². The lowest BCUT2D eigenvalue weighted by Crippen LogP contribution is -2.48. The molecule has 1 radical (unpaired) electrons. The molecule has 0 amide bonds. The van der Waals surface area contributed by atoms with Crippen molar-refractivity contribution < 1.29 is 24.3 Å². The Morgan fingerprint density at radius 3 is 1.39 bits per heavy atom. The quantitative estimate of drug-likeness (QED) is 0.684. The minimum Gasteiger partial charge on any atom is -0.466 e. The van der Waals surface area contributed by atoms with Crippen molar-refractivity contribution in [3.05, 3.63) is 11.1 Å². The lowest BCUT2D eigenvalue weighted by Gasteiger charge is -2.33. The van der Waals surface area contributed by atoms with Crippen LogP contribution in [0.1, 0.15) is 27.7 Å². The summed E-state index contributed by atoms with van der Waals surface area (Å²) in [6.07, 6.45) is 0. The second-order valence-electron chi connectivity index (χ2n) is 5.15. The maximum atomic E-state index is 12.3. The van der Waals surface area contributed by atoms with E-state index in [9.17, 15) is 14.8 Å². The maximum Gasteiger partial charge on any atom is 0.336 e. The summed E-state index contributed by atoms with van der Waals surface area (Å²) in [5, 5.41) is 13.0. The molecule has 1 aliphatic heterocycles. The van der Waals surface area contributed by atoms with Crippen molar-refractivity contribution >= 4 is 11.9 Å². The minimum absolute atomic E-state index is 0.0526. The fourth-order valence-electron chi connectivity index (χ4n) is 2.42. The van der Waals surface area contributed by atoms with E-state index >= 15 is 0 Å². The van der Waals surface area contributed by atoms with E-state index in [-0.39, 0.29) is 11.1 Å². The summed E-state index contributed by atoms with van der Waals surface area (Å²) in [6.45, 7) is 6.29. The van der Waals surface area contributed by atoms with E-state index in [4.69, 9.17) is 0 Å². The summed E-state index contributed by atoms with van der Waals surface area (Å²) in [5.41, 5.74) is -2.17. The van der Waals surface area contributed by atoms with Gasteiger partial charge in [-0.3, -0.25) is 0 Å². The Labute approximate surface area is 106 Å². The van der Waals surface area contributed by atoms with Gasteiger partial charge in [-0.15, -0.1) is 10.3 Å². The van der Waals surface area contributed by atoms with Crippen molar-refractivity contribution in [2.45, 2.75) is 38.8 Å². The lowest BCUT2D eigenvalue weighted by atomic mass is 9.90. The summed E-state index contributed by atoms with van der Waals surface area (Å²) < 4.78 is 9.33. The smallest absolute Gasteiger partial charge is 0.336 e. The Kier molecular flexibility index (Phi) is 3.56. The Morgan fingerprint density at radius 1 is 0.889 bits per heavy atom. The first-order valence-electron chi connectivity index (χ1n) is 5.51. The molecular weight excluding hydrogens is 238 g/mol. The van der Waals surface area contributed by atoms with Crippen LogP contribution in [0.15, 0.2) is 11.1 Å². The van der Waals surface area contributed by atoms with Crippen LogP contribution >= 0.6 is 0 Å². The highest BCUT2D eigenvalue weighted by Crippen LogP contribution is 2.44. The molecule has 0 aromatic rings. The third-order valence-electron chi connectivity index (χ3n) is 3.27. The third kappa shape index (κ3) is 1.81. The highest BCUT2D eigenvalue weighted by Gasteiger charge is 2.57. The molecule has 1 aliphatic rings. The van der Waals surface area contributed by atoms with Crippen LogP contribution in [-0.2, 0) is 24.3 Å². The fourth-order valence-corrected chi connectivity index (χ4v) is 2.42. The SMILES string of the molecule is COC(=O)C1=C(C(=O)OC)C(C)(C)N([O])C1(C)C. The second-order valence-corrected chi connectivity index (χ2v) is 5.15. The summed E-state index contributed by atoms with van der Waals surface area (Å²) in [4.78, 5) is 23.7. The number of ether oxygens (including phenoxy) is 2. The van der Waals surface area contributed by atoms with E-state index in [0.717, 1.165) is 5.06 Å². The average Bonchev–Trinajstić information content (AvgIpc) is 2.45. The van der Waals surface area contributed by atoms with Gasteiger partial charge in [-0.2, -0.15) is 0 Å². The van der Waals surface area contributed by atoms with Crippen molar-refractivity contribution in [2.24, 2.45) is 0 Å². The molecular formula is C12H18NO5. The average molecular weight is 256 g/mol. The lowest BCUT2D eigenvalue weighted by molar-refractivity contribution is -0.241. The molecule has 0 aromatic carbocycles. The van der Waals surface area contributed by atoms with Crippen LogP contribution < -0.4 is 0 Å². The first-order chi connectivity index (χ1) is 8.12. The fraction of sp³-hybridized carbons (Fsp3) is 0.667. The molecule has 0 atom stereocenters. The molecule has 0 saturated heterocycles. The van der Waals surface area contributed by atoms with Gasteiger partial charge in [0.1, 0.15) is 0 Å². The largest absolute Gasteiger partial charge is 0.466 e. The number of carbonyl (C=O) groups is 2. The maximum absolute atomic E-state index is 12.3. The van der Waals surface area contributed by atoms with Crippen molar-refractivity contribution in [1.29, 1.82) is 0 Å². The Bertz CT molecular complexity index is 384. The molecule has 0 aliphatic carbocycles. The molecule has 1 heterocycles. The minimum atomic E-state index is -1.14. The standard InChI is InChI=1S/C12H18NO5/c1-11(2)7(9(14)17-5)8(10(15)18-6)12(3,4)13(11)16/h1-6H3. The predicted octanol–water partition coefficient (Wildman–Crippen LogP) is 0.847. The van der Waals surface area contributed by atoms with E-state index in [2.05, 4.69) is 9.47 Å². The van der Waals surface area contributed by atoms with Crippen molar-refractivity contribution in [1.82, 2.24) is 5.06 Å². The molecule has 18 heavy (non-hydrogen) atoms. The first kappa shape index (κ1) is 14.7. The zero-order valence-electron chi connectivity index (χ0n) is 11.5. The monoisotopic (exact) mass is 256 g/mol. The van der Waals surface area contributed by atoms with Gasteiger partial charge in [-0.05, 0) is 27.7 Å². The van der Waals surface area contributed by atoms with E-state index in [1.807, 2.05) is 0 Å². The summed E-state index contributed by atoms with van der Waals surface area (Å²) in [7, 11) is 2.42. The number of rotatable bonds is 2. The second kappa shape index (κ2) is 4.37. The summed E-state index contributed by atoms with van der Waals surface area (Å²) in [5.74, 6) is -1.38. The van der Waals surface area contributed by atoms with E-state index < -0.39 is 23.0 Å². The molecule has 0 N–H and O–H groups in total. The molecule has 0 bridgehead atoms. The van der Waals surface area contributed by atoms with E-state index in [1.165, 1.54) is 14.2 Å². The zero-order chi connectivity index (χ0) is 14.3. The molecule has 0 unspecified atom stereocenters. The Balaban J connectivity index is 3.56. The zero-order valence-corrected chi connectivity index (χ0v) is 11.5. The molecule has 0 saturated carbocycles. The van der Waals surface area contributed by atoms with Crippen molar-refractivity contribution in [3.8, 4) is 0 Å². The van der Waals surface area contributed by atoms with Crippen molar-refractivity contribution in [2.75, 3.05) is 14.2 Å². The number of hydrogen-bond acceptors (Lipinski definition) is 5. The van der Waals surface area contributed by atoms with Gasteiger partial charge in [-0.25, -0.2) is 9.59 Å². The summed E-state index contributed by atoms with van der Waals surface area (Å²) >= 11 is 0. The van der Waals surface area contributed by atoms with Gasteiger partial charge in [0.05, 0.1) is 36.4 Å². The predicted molar refractivity (Wildman–Crippen MR) is 61.7 cm³/mol. The summed E-state index contributed by atoms with van der Waals surface area (Å²) in [6, 6.07) is 0. The van der Waals surface area contributed by atoms with Gasteiger partial charge in [-0.1, -0.05) is 0 Å². The molecule has 0 fully saturated rings. The van der Waals surface area contributed by atoms with Gasteiger partial charge in [0.15, 0.2) is 0 Å². The van der Waals surface area contributed by atoms with Crippen LogP contribution in [-0.4, -0.2) is 42.3 Å². The number of hydrogen-bond donors (Lipinski definition) is 0. The molecule has 1 rings (SSSR count). The number of methoxy groups -OCH3 is 2. The van der Waals surface area contributed by atoms with Crippen LogP contribution in [0.5, 0.6) is 0 Å². The molecule has 101 valence electrons. The first-order valence-corrected chi connectivity index (χ1v) is 5.51. The van der Waals surface area contributed by atoms with E-state index in [0.29, 0.717) is 0 Å². The van der Waals surface area contributed by atoms with Crippen LogP contribution in [0.2, 0.25) is 0 Å². The number of nitrogens with zero attached hydrogens (tertiary/aromatic N) is 1. The van der Waals surface area contributed by atoms with Crippen LogP contribution in [0, 0.1) is 0 Å². The normalized spacial score (nSPS) is 21.9.